The van der Waals surface area contributed by atoms with Crippen molar-refractivity contribution in [2.24, 2.45) is 0 Å². The lowest BCUT2D eigenvalue weighted by Crippen LogP contribution is -2.41. The maximum atomic E-state index is 14.5. The number of amides is 2. The van der Waals surface area contributed by atoms with Crippen LogP contribution in [0.4, 0.5) is 22.0 Å². The molecule has 0 bridgehead atoms. The normalized spacial score (nSPS) is 11.5. The van der Waals surface area contributed by atoms with Crippen LogP contribution in [0.5, 0.6) is 0 Å². The van der Waals surface area contributed by atoms with Gasteiger partial charge in [-0.25, -0.2) is 8.78 Å². The van der Waals surface area contributed by atoms with E-state index in [0.717, 1.165) is 35.5 Å². The summed E-state index contributed by atoms with van der Waals surface area (Å²) >= 11 is 1.11. The van der Waals surface area contributed by atoms with E-state index in [1.165, 1.54) is 37.3 Å². The van der Waals surface area contributed by atoms with E-state index in [1.807, 2.05) is 6.92 Å². The van der Waals surface area contributed by atoms with Gasteiger partial charge in [0.2, 0.25) is 11.8 Å². The van der Waals surface area contributed by atoms with Gasteiger partial charge in [0.15, 0.2) is 17.1 Å². The molecule has 6 nitrogen and oxygen atoms in total. The third-order valence-electron chi connectivity index (χ3n) is 8.37. The zero-order chi connectivity index (χ0) is 36.0. The molecule has 0 saturated heterocycles. The van der Waals surface area contributed by atoms with Gasteiger partial charge in [0.05, 0.1) is 16.1 Å². The molecule has 12 heteroatoms. The number of hydrogen-bond donors (Lipinski definition) is 0. The Morgan fingerprint density at radius 3 is 2.10 bits per heavy atom. The topological polar surface area (TPSA) is 62.6 Å². The summed E-state index contributed by atoms with van der Waals surface area (Å²) in [5.41, 5.74) is 1.64. The highest BCUT2D eigenvalue weighted by Gasteiger charge is 2.30. The van der Waals surface area contributed by atoms with Crippen molar-refractivity contribution in [2.75, 3.05) is 19.6 Å². The van der Waals surface area contributed by atoms with Gasteiger partial charge in [-0.05, 0) is 53.9 Å². The molecule has 0 radical (unpaired) electrons. The number of likely N-dealkylation sites (N-methyl/N-ethyl adjacent to an activating group) is 1. The molecule has 50 heavy (non-hydrogen) atoms. The van der Waals surface area contributed by atoms with Gasteiger partial charge in [0.1, 0.15) is 6.54 Å². The molecule has 1 heterocycles. The van der Waals surface area contributed by atoms with Gasteiger partial charge in [0, 0.05) is 55.9 Å². The van der Waals surface area contributed by atoms with E-state index in [9.17, 15) is 36.3 Å². The first-order valence-electron chi connectivity index (χ1n) is 15.8. The molecule has 0 aliphatic carbocycles. The predicted octanol–water partition coefficient (Wildman–Crippen LogP) is 8.16. The lowest BCUT2D eigenvalue weighted by molar-refractivity contribution is -0.137. The number of nitrogens with zero attached hydrogens (tertiary/aromatic N) is 3. The van der Waals surface area contributed by atoms with Crippen molar-refractivity contribution < 1.29 is 31.5 Å². The first-order valence-corrected chi connectivity index (χ1v) is 16.8. The molecule has 0 aliphatic heterocycles. The molecule has 4 aromatic carbocycles. The molecule has 5 aromatic rings. The first kappa shape index (κ1) is 36.3. The standard InChI is InChI=1S/C38H34F5N3O3S/c1-3-44(25(2)47)19-20-45(22-26-11-13-27(14-12-26)28-15-17-30(18-16-28)38(41,42)43)35(49)23-46-33-10-5-4-8-31(33)34(48)21-36(46)50-24-29-7-6-9-32(39)37(29)40/h4-18,21H,3,19-20,22-24H2,1-2H3. The van der Waals surface area contributed by atoms with Crippen LogP contribution >= 0.6 is 11.8 Å². The van der Waals surface area contributed by atoms with Crippen LogP contribution in [-0.2, 0) is 34.6 Å². The van der Waals surface area contributed by atoms with Crippen molar-refractivity contribution in [3.05, 3.63) is 136 Å². The van der Waals surface area contributed by atoms with E-state index in [0.29, 0.717) is 33.6 Å². The van der Waals surface area contributed by atoms with Gasteiger partial charge < -0.3 is 14.4 Å². The molecule has 0 unspecified atom stereocenters. The summed E-state index contributed by atoms with van der Waals surface area (Å²) < 4.78 is 69.2. The van der Waals surface area contributed by atoms with Gasteiger partial charge in [-0.15, -0.1) is 11.8 Å². The number of fused-ring (bicyclic) bond motifs is 1. The summed E-state index contributed by atoms with van der Waals surface area (Å²) in [7, 11) is 0. The first-order chi connectivity index (χ1) is 23.8. The maximum absolute atomic E-state index is 14.5. The molecule has 0 saturated carbocycles. The Bertz CT molecular complexity index is 2050. The highest BCUT2D eigenvalue weighted by molar-refractivity contribution is 7.98. The number of pyridine rings is 1. The average molecular weight is 708 g/mol. The Labute approximate surface area is 290 Å². The molecule has 0 aliphatic rings. The van der Waals surface area contributed by atoms with Crippen LogP contribution in [0, 0.1) is 11.6 Å². The lowest BCUT2D eigenvalue weighted by atomic mass is 10.0. The van der Waals surface area contributed by atoms with Gasteiger partial charge in [-0.2, -0.15) is 13.2 Å². The zero-order valence-electron chi connectivity index (χ0n) is 27.3. The monoisotopic (exact) mass is 707 g/mol. The number of carbonyl (C=O) groups excluding carboxylic acids is 2. The van der Waals surface area contributed by atoms with E-state index in [4.69, 9.17) is 0 Å². The van der Waals surface area contributed by atoms with Crippen LogP contribution in [0.15, 0.2) is 107 Å². The Kier molecular flexibility index (Phi) is 11.4. The molecule has 2 amide bonds. The molecule has 0 atom stereocenters. The van der Waals surface area contributed by atoms with Crippen molar-refractivity contribution in [3.63, 3.8) is 0 Å². The fourth-order valence-corrected chi connectivity index (χ4v) is 6.62. The predicted molar refractivity (Wildman–Crippen MR) is 184 cm³/mol. The van der Waals surface area contributed by atoms with Gasteiger partial charge in [-0.3, -0.25) is 14.4 Å². The van der Waals surface area contributed by atoms with E-state index in [1.54, 1.807) is 62.9 Å². The quantitative estimate of drug-likeness (QED) is 0.0971. The number of benzene rings is 4. The number of rotatable bonds is 12. The lowest BCUT2D eigenvalue weighted by Gasteiger charge is -2.28. The van der Waals surface area contributed by atoms with Crippen LogP contribution < -0.4 is 5.43 Å². The van der Waals surface area contributed by atoms with E-state index >= 15 is 0 Å². The third-order valence-corrected chi connectivity index (χ3v) is 9.46. The minimum atomic E-state index is -4.44. The molecule has 1 aromatic heterocycles. The van der Waals surface area contributed by atoms with E-state index in [2.05, 4.69) is 0 Å². The minimum absolute atomic E-state index is 0.00856. The smallest absolute Gasteiger partial charge is 0.341 e. The second-order valence-corrected chi connectivity index (χ2v) is 12.6. The number of thioether (sulfide) groups is 1. The van der Waals surface area contributed by atoms with Crippen molar-refractivity contribution in [3.8, 4) is 11.1 Å². The van der Waals surface area contributed by atoms with Crippen molar-refractivity contribution in [1.29, 1.82) is 0 Å². The fourth-order valence-electron chi connectivity index (χ4n) is 5.58. The summed E-state index contributed by atoms with van der Waals surface area (Å²) in [5, 5.41) is 0.784. The van der Waals surface area contributed by atoms with Crippen LogP contribution in [0.25, 0.3) is 22.0 Å². The number of aromatic nitrogens is 1. The molecule has 260 valence electrons. The number of alkyl halides is 3. The second kappa shape index (κ2) is 15.7. The van der Waals surface area contributed by atoms with Crippen molar-refractivity contribution in [1.82, 2.24) is 14.4 Å². The number of carbonyl (C=O) groups is 2. The largest absolute Gasteiger partial charge is 0.416 e. The molecule has 0 fully saturated rings. The third kappa shape index (κ3) is 8.60. The summed E-state index contributed by atoms with van der Waals surface area (Å²) in [6.07, 6.45) is -4.44. The summed E-state index contributed by atoms with van der Waals surface area (Å²) in [4.78, 5) is 42.6. The number of para-hydroxylation sites is 1. The van der Waals surface area contributed by atoms with Crippen LogP contribution in [-0.4, -0.2) is 45.8 Å². The maximum Gasteiger partial charge on any atom is 0.416 e. The highest BCUT2D eigenvalue weighted by Crippen LogP contribution is 2.31. The number of hydrogen-bond acceptors (Lipinski definition) is 4. The molecule has 5 rings (SSSR count). The second-order valence-electron chi connectivity index (χ2n) is 11.6. The molecular formula is C38H34F5N3O3S. The number of halogens is 5. The highest BCUT2D eigenvalue weighted by atomic mass is 32.2. The Hall–Kier alpha value is -4.97. The van der Waals surface area contributed by atoms with Crippen LogP contribution in [0.3, 0.4) is 0 Å². The van der Waals surface area contributed by atoms with Gasteiger partial charge >= 0.3 is 6.18 Å². The van der Waals surface area contributed by atoms with Gasteiger partial charge in [-0.1, -0.05) is 60.7 Å². The SMILES string of the molecule is CCN(CCN(Cc1ccc(-c2ccc(C(F)(F)F)cc2)cc1)C(=O)Cn1c(SCc2cccc(F)c2F)cc(=O)c2ccccc21)C(C)=O. The Balaban J connectivity index is 1.43. The van der Waals surface area contributed by atoms with E-state index < -0.39 is 23.4 Å². The summed E-state index contributed by atoms with van der Waals surface area (Å²) in [5.74, 6) is -2.41. The molecule has 0 N–H and O–H groups in total. The average Bonchev–Trinajstić information content (AvgIpc) is 3.10. The fraction of sp³-hybridized carbons (Fsp3) is 0.237. The van der Waals surface area contributed by atoms with Crippen LogP contribution in [0.1, 0.15) is 30.5 Å². The zero-order valence-corrected chi connectivity index (χ0v) is 28.2. The Morgan fingerprint density at radius 1 is 0.820 bits per heavy atom. The molecule has 0 spiro atoms. The van der Waals surface area contributed by atoms with Gasteiger partial charge in [0.25, 0.3) is 0 Å². The van der Waals surface area contributed by atoms with Crippen molar-refractivity contribution >= 4 is 34.5 Å². The summed E-state index contributed by atoms with van der Waals surface area (Å²) in [6, 6.07) is 24.1. The summed E-state index contributed by atoms with van der Waals surface area (Å²) in [6.45, 7) is 4.18. The van der Waals surface area contributed by atoms with Crippen LogP contribution in [0.2, 0.25) is 0 Å². The molecular weight excluding hydrogens is 673 g/mol. The van der Waals surface area contributed by atoms with E-state index in [-0.39, 0.29) is 54.7 Å². The minimum Gasteiger partial charge on any atom is -0.341 e. The Morgan fingerprint density at radius 2 is 1.46 bits per heavy atom. The van der Waals surface area contributed by atoms with Crippen molar-refractivity contribution in [2.45, 2.75) is 43.9 Å².